The third-order valence-corrected chi connectivity index (χ3v) is 7.90. The highest BCUT2D eigenvalue weighted by Gasteiger charge is 2.43. The molecule has 0 aliphatic carbocycles. The zero-order valence-electron chi connectivity index (χ0n) is 20.3. The van der Waals surface area contributed by atoms with Crippen LogP contribution < -0.4 is 4.90 Å². The number of rotatable bonds is 4. The number of hydrogen-bond acceptors (Lipinski definition) is 4. The number of piperazine rings is 1. The monoisotopic (exact) mass is 547 g/mol. The molecular weight excluding hydrogens is 524 g/mol. The molecule has 1 saturated heterocycles. The van der Waals surface area contributed by atoms with Gasteiger partial charge in [0.2, 0.25) is 5.91 Å². The van der Waals surface area contributed by atoms with Crippen LogP contribution in [0.15, 0.2) is 90.1 Å². The average molecular weight is 548 g/mol. The number of aliphatic imine (C=N–C) groups is 1. The van der Waals surface area contributed by atoms with E-state index in [2.05, 4.69) is 10.00 Å². The van der Waals surface area contributed by atoms with Crippen LogP contribution in [-0.4, -0.2) is 52.5 Å². The first-order valence-electron chi connectivity index (χ1n) is 12.4. The van der Waals surface area contributed by atoms with Gasteiger partial charge in [0.05, 0.1) is 28.0 Å². The normalized spacial score (nSPS) is 19.2. The van der Waals surface area contributed by atoms with Crippen LogP contribution in [0.4, 0.5) is 15.9 Å². The minimum atomic E-state index is -0.626. The molecule has 38 heavy (non-hydrogen) atoms. The predicted octanol–water partition coefficient (Wildman–Crippen LogP) is 6.02. The number of carbonyl (C=O) groups is 1. The first-order valence-corrected chi connectivity index (χ1v) is 13.2. The van der Waals surface area contributed by atoms with Gasteiger partial charge in [-0.15, -0.1) is 0 Å². The standard InChI is InChI=1S/C29H24Cl2FN5O/c30-23-11-6-20(18-24(23)31)28-26(27(19-4-2-1-3-5-19)34-25-12-13-33-37(25)28)29(38)36-16-14-35(15-17-36)22-9-7-21(32)8-10-22/h1-13,18,26,28H,14-17H2. The van der Waals surface area contributed by atoms with E-state index in [-0.39, 0.29) is 11.7 Å². The number of amides is 1. The minimum absolute atomic E-state index is 0.0245. The molecule has 1 amide bonds. The second-order valence-electron chi connectivity index (χ2n) is 9.38. The van der Waals surface area contributed by atoms with Gasteiger partial charge in [0.1, 0.15) is 11.7 Å². The number of fused-ring (bicyclic) bond motifs is 1. The number of anilines is 1. The van der Waals surface area contributed by atoms with Crippen molar-refractivity contribution in [3.05, 3.63) is 112 Å². The fraction of sp³-hybridized carbons (Fsp3) is 0.207. The van der Waals surface area contributed by atoms with Gasteiger partial charge in [-0.2, -0.15) is 5.10 Å². The van der Waals surface area contributed by atoms with Crippen LogP contribution in [0, 0.1) is 11.7 Å². The molecule has 3 heterocycles. The lowest BCUT2D eigenvalue weighted by atomic mass is 9.83. The van der Waals surface area contributed by atoms with Crippen molar-refractivity contribution in [3.63, 3.8) is 0 Å². The van der Waals surface area contributed by atoms with Crippen LogP contribution in [0.3, 0.4) is 0 Å². The summed E-state index contributed by atoms with van der Waals surface area (Å²) in [5, 5.41) is 5.42. The number of hydrogen-bond donors (Lipinski definition) is 0. The van der Waals surface area contributed by atoms with Crippen molar-refractivity contribution in [2.75, 3.05) is 31.1 Å². The Balaban J connectivity index is 1.37. The molecule has 2 aliphatic rings. The van der Waals surface area contributed by atoms with E-state index in [1.807, 2.05) is 47.4 Å². The van der Waals surface area contributed by atoms with E-state index in [0.717, 1.165) is 16.8 Å². The Labute approximate surface area is 229 Å². The van der Waals surface area contributed by atoms with E-state index in [1.165, 1.54) is 12.1 Å². The molecule has 2 atom stereocenters. The maximum Gasteiger partial charge on any atom is 0.234 e. The van der Waals surface area contributed by atoms with Gasteiger partial charge in [-0.05, 0) is 47.5 Å². The summed E-state index contributed by atoms with van der Waals surface area (Å²) >= 11 is 12.7. The van der Waals surface area contributed by atoms with Crippen LogP contribution in [0.25, 0.3) is 0 Å². The predicted molar refractivity (Wildman–Crippen MR) is 148 cm³/mol. The van der Waals surface area contributed by atoms with Crippen LogP contribution in [0.1, 0.15) is 17.2 Å². The molecule has 2 aliphatic heterocycles. The molecule has 0 radical (unpaired) electrons. The van der Waals surface area contributed by atoms with Crippen molar-refractivity contribution in [1.82, 2.24) is 14.7 Å². The smallest absolute Gasteiger partial charge is 0.234 e. The SMILES string of the molecule is O=C(C1C(c2ccccc2)=Nc2ccnn2C1c1ccc(Cl)c(Cl)c1)N1CCN(c2ccc(F)cc2)CC1. The summed E-state index contributed by atoms with van der Waals surface area (Å²) in [6.07, 6.45) is 1.69. The molecule has 1 fully saturated rings. The molecule has 6 rings (SSSR count). The lowest BCUT2D eigenvalue weighted by Gasteiger charge is -2.40. The number of aromatic nitrogens is 2. The zero-order valence-corrected chi connectivity index (χ0v) is 21.9. The molecule has 0 bridgehead atoms. The molecule has 1 aromatic heterocycles. The number of halogens is 3. The lowest BCUT2D eigenvalue weighted by molar-refractivity contribution is -0.134. The first-order chi connectivity index (χ1) is 18.5. The Hall–Kier alpha value is -3.68. The van der Waals surface area contributed by atoms with Gasteiger partial charge in [0.15, 0.2) is 5.82 Å². The Morgan fingerprint density at radius 2 is 1.61 bits per heavy atom. The summed E-state index contributed by atoms with van der Waals surface area (Å²) in [5.74, 6) is -0.243. The van der Waals surface area contributed by atoms with Gasteiger partial charge in [-0.3, -0.25) is 4.79 Å². The third kappa shape index (κ3) is 4.57. The molecule has 0 N–H and O–H groups in total. The topological polar surface area (TPSA) is 53.7 Å². The van der Waals surface area contributed by atoms with Crippen molar-refractivity contribution in [2.24, 2.45) is 10.9 Å². The molecule has 0 spiro atoms. The highest BCUT2D eigenvalue weighted by atomic mass is 35.5. The average Bonchev–Trinajstić information content (AvgIpc) is 3.43. The summed E-state index contributed by atoms with van der Waals surface area (Å²) < 4.78 is 15.2. The molecule has 3 aromatic carbocycles. The fourth-order valence-corrected chi connectivity index (χ4v) is 5.57. The van der Waals surface area contributed by atoms with Gasteiger partial charge in [0, 0.05) is 37.9 Å². The van der Waals surface area contributed by atoms with Crippen molar-refractivity contribution in [1.29, 1.82) is 0 Å². The van der Waals surface area contributed by atoms with E-state index in [9.17, 15) is 9.18 Å². The largest absolute Gasteiger partial charge is 0.368 e. The number of nitrogens with zero attached hydrogens (tertiary/aromatic N) is 5. The Morgan fingerprint density at radius 1 is 0.868 bits per heavy atom. The van der Waals surface area contributed by atoms with E-state index in [4.69, 9.17) is 28.2 Å². The van der Waals surface area contributed by atoms with Crippen molar-refractivity contribution in [2.45, 2.75) is 6.04 Å². The van der Waals surface area contributed by atoms with Gasteiger partial charge >= 0.3 is 0 Å². The Morgan fingerprint density at radius 3 is 2.32 bits per heavy atom. The molecule has 2 unspecified atom stereocenters. The minimum Gasteiger partial charge on any atom is -0.368 e. The third-order valence-electron chi connectivity index (χ3n) is 7.16. The Bertz CT molecular complexity index is 1500. The van der Waals surface area contributed by atoms with Gasteiger partial charge < -0.3 is 9.80 Å². The van der Waals surface area contributed by atoms with E-state index >= 15 is 0 Å². The summed E-state index contributed by atoms with van der Waals surface area (Å²) in [6.45, 7) is 2.36. The van der Waals surface area contributed by atoms with Crippen LogP contribution >= 0.6 is 23.2 Å². The molecular formula is C29H24Cl2FN5O. The Kier molecular flexibility index (Phi) is 6.64. The fourth-order valence-electron chi connectivity index (χ4n) is 5.26. The zero-order chi connectivity index (χ0) is 26.2. The van der Waals surface area contributed by atoms with Gasteiger partial charge in [0.25, 0.3) is 0 Å². The second-order valence-corrected chi connectivity index (χ2v) is 10.2. The van der Waals surface area contributed by atoms with Crippen molar-refractivity contribution < 1.29 is 9.18 Å². The maximum atomic E-state index is 14.4. The summed E-state index contributed by atoms with van der Waals surface area (Å²) in [6, 6.07) is 23.1. The van der Waals surface area contributed by atoms with Crippen LogP contribution in [0.2, 0.25) is 10.0 Å². The first kappa shape index (κ1) is 24.6. The lowest BCUT2D eigenvalue weighted by Crippen LogP contribution is -2.53. The quantitative estimate of drug-likeness (QED) is 0.314. The highest BCUT2D eigenvalue weighted by Crippen LogP contribution is 2.40. The molecule has 192 valence electrons. The molecule has 0 saturated carbocycles. The molecule has 4 aromatic rings. The second kappa shape index (κ2) is 10.2. The molecule has 9 heteroatoms. The molecule has 6 nitrogen and oxygen atoms in total. The van der Waals surface area contributed by atoms with E-state index in [1.54, 1.807) is 35.1 Å². The van der Waals surface area contributed by atoms with E-state index in [0.29, 0.717) is 47.8 Å². The number of carbonyl (C=O) groups excluding carboxylic acids is 1. The van der Waals surface area contributed by atoms with Crippen molar-refractivity contribution in [3.8, 4) is 0 Å². The summed E-state index contributed by atoms with van der Waals surface area (Å²) in [7, 11) is 0. The van der Waals surface area contributed by atoms with Crippen LogP contribution in [0.5, 0.6) is 0 Å². The van der Waals surface area contributed by atoms with Crippen LogP contribution in [-0.2, 0) is 4.79 Å². The van der Waals surface area contributed by atoms with E-state index < -0.39 is 12.0 Å². The highest BCUT2D eigenvalue weighted by molar-refractivity contribution is 6.42. The summed E-state index contributed by atoms with van der Waals surface area (Å²) in [5.41, 5.74) is 3.35. The van der Waals surface area contributed by atoms with Gasteiger partial charge in [-0.25, -0.2) is 14.1 Å². The summed E-state index contributed by atoms with van der Waals surface area (Å²) in [4.78, 5) is 23.3. The van der Waals surface area contributed by atoms with Crippen molar-refractivity contribution >= 4 is 46.3 Å². The number of benzene rings is 3. The van der Waals surface area contributed by atoms with Gasteiger partial charge in [-0.1, -0.05) is 59.6 Å². The maximum absolute atomic E-state index is 14.4.